The first-order chi connectivity index (χ1) is 13.8. The molecule has 3 rings (SSSR count). The molecule has 2 aromatic rings. The van der Waals surface area contributed by atoms with Gasteiger partial charge in [0.25, 0.3) is 0 Å². The van der Waals surface area contributed by atoms with Crippen LogP contribution in [0.2, 0.25) is 0 Å². The van der Waals surface area contributed by atoms with E-state index in [0.717, 1.165) is 22.4 Å². The highest BCUT2D eigenvalue weighted by molar-refractivity contribution is 6.01. The molecule has 0 aliphatic carbocycles. The number of carbonyl (C=O) groups is 3. The number of nitrogens with one attached hydrogen (secondary N) is 2. The first kappa shape index (κ1) is 20.4. The zero-order valence-electron chi connectivity index (χ0n) is 16.9. The summed E-state index contributed by atoms with van der Waals surface area (Å²) in [6, 6.07) is 11.1. The predicted molar refractivity (Wildman–Crippen MR) is 111 cm³/mol. The van der Waals surface area contributed by atoms with E-state index in [0.29, 0.717) is 11.4 Å². The van der Waals surface area contributed by atoms with Gasteiger partial charge in [0.15, 0.2) is 0 Å². The Morgan fingerprint density at radius 1 is 1.07 bits per heavy atom. The van der Waals surface area contributed by atoms with Crippen LogP contribution in [-0.4, -0.2) is 37.4 Å². The Kier molecular flexibility index (Phi) is 6.16. The van der Waals surface area contributed by atoms with Crippen molar-refractivity contribution in [3.05, 3.63) is 53.1 Å². The topological polar surface area (TPSA) is 87.7 Å². The third kappa shape index (κ3) is 4.93. The molecule has 152 valence electrons. The van der Waals surface area contributed by atoms with Gasteiger partial charge in [-0.15, -0.1) is 0 Å². The van der Waals surface area contributed by atoms with Crippen molar-refractivity contribution < 1.29 is 19.1 Å². The van der Waals surface area contributed by atoms with Crippen LogP contribution in [0.25, 0.3) is 0 Å². The number of para-hydroxylation sites is 2. The van der Waals surface area contributed by atoms with Crippen molar-refractivity contribution in [2.24, 2.45) is 0 Å². The lowest BCUT2D eigenvalue weighted by Crippen LogP contribution is -2.42. The summed E-state index contributed by atoms with van der Waals surface area (Å²) in [4.78, 5) is 38.5. The number of carbonyl (C=O) groups excluding carboxylic acids is 3. The molecule has 1 heterocycles. The van der Waals surface area contributed by atoms with Crippen LogP contribution in [-0.2, 0) is 14.4 Å². The van der Waals surface area contributed by atoms with Gasteiger partial charge < -0.3 is 15.4 Å². The third-order valence-electron chi connectivity index (χ3n) is 4.72. The van der Waals surface area contributed by atoms with Crippen LogP contribution in [0, 0.1) is 20.8 Å². The Morgan fingerprint density at radius 2 is 1.76 bits per heavy atom. The fourth-order valence-corrected chi connectivity index (χ4v) is 3.43. The fraction of sp³-hybridized carbons (Fsp3) is 0.318. The number of benzene rings is 2. The maximum atomic E-state index is 12.4. The van der Waals surface area contributed by atoms with Crippen LogP contribution in [0.15, 0.2) is 36.4 Å². The van der Waals surface area contributed by atoms with Crippen molar-refractivity contribution >= 4 is 29.1 Å². The molecule has 3 amide bonds. The predicted octanol–water partition coefficient (Wildman–Crippen LogP) is 2.48. The van der Waals surface area contributed by atoms with Crippen LogP contribution in [0.5, 0.6) is 5.75 Å². The minimum absolute atomic E-state index is 0.172. The van der Waals surface area contributed by atoms with Crippen molar-refractivity contribution in [2.75, 3.05) is 29.9 Å². The number of anilines is 2. The lowest BCUT2D eigenvalue weighted by atomic mass is 10.1. The summed E-state index contributed by atoms with van der Waals surface area (Å²) in [7, 11) is 0. The Bertz CT molecular complexity index is 932. The van der Waals surface area contributed by atoms with Crippen LogP contribution < -0.4 is 20.3 Å². The summed E-state index contributed by atoms with van der Waals surface area (Å²) in [5.41, 5.74) is 4.37. The lowest BCUT2D eigenvalue weighted by molar-refractivity contribution is -0.125. The molecule has 2 N–H and O–H groups in total. The second-order valence-corrected chi connectivity index (χ2v) is 7.14. The number of hydrogen-bond acceptors (Lipinski definition) is 4. The minimum Gasteiger partial charge on any atom is -0.491 e. The number of fused-ring (bicyclic) bond motifs is 1. The highest BCUT2D eigenvalue weighted by Gasteiger charge is 2.25. The van der Waals surface area contributed by atoms with Gasteiger partial charge in [-0.25, -0.2) is 0 Å². The second kappa shape index (κ2) is 8.77. The van der Waals surface area contributed by atoms with Gasteiger partial charge in [0.05, 0.1) is 25.3 Å². The highest BCUT2D eigenvalue weighted by Crippen LogP contribution is 2.30. The first-order valence-electron chi connectivity index (χ1n) is 9.51. The van der Waals surface area contributed by atoms with Gasteiger partial charge in [0.2, 0.25) is 17.7 Å². The van der Waals surface area contributed by atoms with Gasteiger partial charge in [0, 0.05) is 5.69 Å². The Hall–Kier alpha value is -3.35. The molecule has 0 fully saturated rings. The van der Waals surface area contributed by atoms with E-state index in [2.05, 4.69) is 10.6 Å². The van der Waals surface area contributed by atoms with Crippen molar-refractivity contribution in [1.82, 2.24) is 5.32 Å². The van der Waals surface area contributed by atoms with Crippen LogP contribution in [0.4, 0.5) is 11.4 Å². The van der Waals surface area contributed by atoms with E-state index in [1.807, 2.05) is 39.0 Å². The molecule has 7 nitrogen and oxygen atoms in total. The average molecular weight is 395 g/mol. The first-order valence-corrected chi connectivity index (χ1v) is 9.51. The zero-order chi connectivity index (χ0) is 21.0. The molecule has 0 atom stereocenters. The molecular weight excluding hydrogens is 370 g/mol. The van der Waals surface area contributed by atoms with Gasteiger partial charge >= 0.3 is 0 Å². The van der Waals surface area contributed by atoms with E-state index in [4.69, 9.17) is 4.74 Å². The molecule has 1 aliphatic rings. The number of rotatable bonds is 5. The average Bonchev–Trinajstić information content (AvgIpc) is 2.82. The summed E-state index contributed by atoms with van der Waals surface area (Å²) in [6.45, 7) is 5.78. The van der Waals surface area contributed by atoms with Gasteiger partial charge in [-0.1, -0.05) is 29.8 Å². The number of hydrogen-bond donors (Lipinski definition) is 2. The standard InChI is InChI=1S/C22H25N3O4/c1-14-10-15(2)22(16(3)11-14)24-19(26)12-23-20(27)13-25-17-6-4-5-7-18(17)29-9-8-21(25)28/h4-7,10-11H,8-9,12-13H2,1-3H3,(H,23,27)(H,24,26). The Balaban J connectivity index is 1.60. The maximum Gasteiger partial charge on any atom is 0.243 e. The van der Waals surface area contributed by atoms with Gasteiger partial charge in [-0.05, 0) is 44.0 Å². The molecule has 29 heavy (non-hydrogen) atoms. The monoisotopic (exact) mass is 395 g/mol. The van der Waals surface area contributed by atoms with Gasteiger partial charge in [-0.2, -0.15) is 0 Å². The van der Waals surface area contributed by atoms with E-state index in [1.54, 1.807) is 18.2 Å². The molecule has 0 bridgehead atoms. The van der Waals surface area contributed by atoms with Crippen molar-refractivity contribution in [2.45, 2.75) is 27.2 Å². The molecule has 7 heteroatoms. The summed E-state index contributed by atoms with van der Waals surface area (Å²) >= 11 is 0. The summed E-state index contributed by atoms with van der Waals surface area (Å²) in [5, 5.41) is 5.43. The molecule has 1 aliphatic heterocycles. The van der Waals surface area contributed by atoms with E-state index in [-0.39, 0.29) is 37.9 Å². The molecule has 0 aromatic heterocycles. The molecule has 0 unspecified atom stereocenters. The molecule has 0 saturated heterocycles. The Labute approximate surface area is 170 Å². The molecular formula is C22H25N3O4. The number of amides is 3. The van der Waals surface area contributed by atoms with Crippen LogP contribution in [0.1, 0.15) is 23.1 Å². The largest absolute Gasteiger partial charge is 0.491 e. The SMILES string of the molecule is Cc1cc(C)c(NC(=O)CNC(=O)CN2C(=O)CCOc3ccccc32)c(C)c1. The normalized spacial score (nSPS) is 13.2. The van der Waals surface area contributed by atoms with E-state index < -0.39 is 5.91 Å². The van der Waals surface area contributed by atoms with Crippen molar-refractivity contribution in [3.8, 4) is 5.75 Å². The summed E-state index contributed by atoms with van der Waals surface area (Å²) in [5.74, 6) is -0.364. The lowest BCUT2D eigenvalue weighted by Gasteiger charge is -2.21. The summed E-state index contributed by atoms with van der Waals surface area (Å²) in [6.07, 6.45) is 0.189. The summed E-state index contributed by atoms with van der Waals surface area (Å²) < 4.78 is 5.57. The third-order valence-corrected chi connectivity index (χ3v) is 4.72. The second-order valence-electron chi connectivity index (χ2n) is 7.14. The molecule has 0 radical (unpaired) electrons. The smallest absolute Gasteiger partial charge is 0.243 e. The van der Waals surface area contributed by atoms with Crippen LogP contribution in [0.3, 0.4) is 0 Å². The van der Waals surface area contributed by atoms with E-state index in [9.17, 15) is 14.4 Å². The molecule has 2 aromatic carbocycles. The minimum atomic E-state index is -0.414. The van der Waals surface area contributed by atoms with Crippen molar-refractivity contribution in [3.63, 3.8) is 0 Å². The van der Waals surface area contributed by atoms with E-state index in [1.165, 1.54) is 4.90 Å². The number of nitrogens with zero attached hydrogens (tertiary/aromatic N) is 1. The highest BCUT2D eigenvalue weighted by atomic mass is 16.5. The molecule has 0 spiro atoms. The quantitative estimate of drug-likeness (QED) is 0.814. The Morgan fingerprint density at radius 3 is 2.48 bits per heavy atom. The molecule has 0 saturated carbocycles. The van der Waals surface area contributed by atoms with Crippen LogP contribution >= 0.6 is 0 Å². The van der Waals surface area contributed by atoms with E-state index >= 15 is 0 Å². The van der Waals surface area contributed by atoms with Gasteiger partial charge in [-0.3, -0.25) is 19.3 Å². The number of aryl methyl sites for hydroxylation is 3. The van der Waals surface area contributed by atoms with Crippen molar-refractivity contribution in [1.29, 1.82) is 0 Å². The number of ether oxygens (including phenoxy) is 1. The zero-order valence-corrected chi connectivity index (χ0v) is 16.9. The maximum absolute atomic E-state index is 12.4. The fourth-order valence-electron chi connectivity index (χ4n) is 3.43. The van der Waals surface area contributed by atoms with Gasteiger partial charge in [0.1, 0.15) is 12.3 Å².